The fourth-order valence-electron chi connectivity index (χ4n) is 2.61. The second-order valence-electron chi connectivity index (χ2n) is 5.49. The van der Waals surface area contributed by atoms with Gasteiger partial charge in [-0.1, -0.05) is 30.7 Å². The van der Waals surface area contributed by atoms with Gasteiger partial charge in [0.05, 0.1) is 12.2 Å². The molecule has 0 amide bonds. The lowest BCUT2D eigenvalue weighted by atomic mass is 9.96. The largest absolute Gasteiger partial charge is 0.393 e. The van der Waals surface area contributed by atoms with Crippen LogP contribution in [0.2, 0.25) is 5.02 Å². The van der Waals surface area contributed by atoms with Gasteiger partial charge < -0.3 is 15.1 Å². The Labute approximate surface area is 119 Å². The van der Waals surface area contributed by atoms with Crippen molar-refractivity contribution in [3.05, 3.63) is 34.9 Å². The molecule has 3 atom stereocenters. The van der Waals surface area contributed by atoms with Crippen LogP contribution >= 0.6 is 11.6 Å². The van der Waals surface area contributed by atoms with Gasteiger partial charge in [-0.05, 0) is 36.5 Å². The van der Waals surface area contributed by atoms with Crippen LogP contribution in [-0.4, -0.2) is 40.9 Å². The molecule has 1 aromatic carbocycles. The first-order valence-corrected chi connectivity index (χ1v) is 7.28. The summed E-state index contributed by atoms with van der Waals surface area (Å²) in [5.74, 6) is 0.317. The molecule has 19 heavy (non-hydrogen) atoms. The minimum atomic E-state index is -0.471. The van der Waals surface area contributed by atoms with E-state index in [1.165, 1.54) is 0 Å². The third kappa shape index (κ3) is 4.18. The van der Waals surface area contributed by atoms with E-state index in [0.717, 1.165) is 31.6 Å². The van der Waals surface area contributed by atoms with Crippen molar-refractivity contribution in [2.24, 2.45) is 5.92 Å². The second-order valence-corrected chi connectivity index (χ2v) is 5.93. The third-order valence-electron chi connectivity index (χ3n) is 3.90. The van der Waals surface area contributed by atoms with Gasteiger partial charge in [0.15, 0.2) is 0 Å². The van der Waals surface area contributed by atoms with Crippen LogP contribution in [0.5, 0.6) is 0 Å². The van der Waals surface area contributed by atoms with E-state index in [2.05, 4.69) is 11.8 Å². The van der Waals surface area contributed by atoms with E-state index in [1.807, 2.05) is 24.3 Å². The van der Waals surface area contributed by atoms with E-state index in [-0.39, 0.29) is 6.10 Å². The van der Waals surface area contributed by atoms with Crippen LogP contribution in [0, 0.1) is 5.92 Å². The van der Waals surface area contributed by atoms with Crippen LogP contribution in [0.1, 0.15) is 31.4 Å². The maximum atomic E-state index is 10.2. The minimum absolute atomic E-state index is 0.172. The lowest BCUT2D eigenvalue weighted by Gasteiger charge is -2.34. The van der Waals surface area contributed by atoms with Crippen LogP contribution in [0.15, 0.2) is 24.3 Å². The fraction of sp³-hybridized carbons (Fsp3) is 0.600. The molecular weight excluding hydrogens is 262 g/mol. The molecule has 0 aromatic heterocycles. The number of aliphatic hydroxyl groups is 2. The van der Waals surface area contributed by atoms with Crippen molar-refractivity contribution in [1.29, 1.82) is 0 Å². The predicted molar refractivity (Wildman–Crippen MR) is 77.3 cm³/mol. The summed E-state index contributed by atoms with van der Waals surface area (Å²) in [6, 6.07) is 7.39. The third-order valence-corrected chi connectivity index (χ3v) is 4.13. The molecule has 0 saturated carbocycles. The number of aliphatic hydroxyl groups excluding tert-OH is 2. The molecule has 0 spiro atoms. The molecule has 106 valence electrons. The van der Waals surface area contributed by atoms with E-state index in [1.54, 1.807) is 0 Å². The number of benzene rings is 1. The van der Waals surface area contributed by atoms with Crippen molar-refractivity contribution in [1.82, 2.24) is 4.90 Å². The van der Waals surface area contributed by atoms with Crippen LogP contribution < -0.4 is 0 Å². The zero-order chi connectivity index (χ0) is 13.8. The highest BCUT2D eigenvalue weighted by Gasteiger charge is 2.24. The van der Waals surface area contributed by atoms with Crippen molar-refractivity contribution < 1.29 is 10.2 Å². The van der Waals surface area contributed by atoms with Gasteiger partial charge >= 0.3 is 0 Å². The molecule has 1 aliphatic heterocycles. The fourth-order valence-corrected chi connectivity index (χ4v) is 2.81. The average molecular weight is 284 g/mol. The smallest absolute Gasteiger partial charge is 0.0802 e. The van der Waals surface area contributed by atoms with E-state index in [9.17, 15) is 10.2 Å². The molecule has 1 heterocycles. The molecule has 2 rings (SSSR count). The summed E-state index contributed by atoms with van der Waals surface area (Å²) >= 11 is 5.92. The van der Waals surface area contributed by atoms with E-state index < -0.39 is 6.10 Å². The molecule has 2 N–H and O–H groups in total. The normalized spacial score (nSPS) is 26.3. The van der Waals surface area contributed by atoms with Crippen molar-refractivity contribution >= 4 is 11.6 Å². The molecule has 4 heteroatoms. The Morgan fingerprint density at radius 1 is 1.47 bits per heavy atom. The molecule has 1 aliphatic rings. The summed E-state index contributed by atoms with van der Waals surface area (Å²) in [4.78, 5) is 2.31. The lowest BCUT2D eigenvalue weighted by molar-refractivity contribution is 0.0288. The zero-order valence-electron chi connectivity index (χ0n) is 11.3. The van der Waals surface area contributed by atoms with E-state index >= 15 is 0 Å². The number of rotatable bonds is 4. The highest BCUT2D eigenvalue weighted by atomic mass is 35.5. The van der Waals surface area contributed by atoms with E-state index in [4.69, 9.17) is 11.6 Å². The van der Waals surface area contributed by atoms with Gasteiger partial charge in [0, 0.05) is 24.7 Å². The van der Waals surface area contributed by atoms with Crippen molar-refractivity contribution in [2.75, 3.05) is 19.6 Å². The number of likely N-dealkylation sites (tertiary alicyclic amines) is 1. The van der Waals surface area contributed by atoms with Gasteiger partial charge in [-0.3, -0.25) is 0 Å². The Bertz CT molecular complexity index is 413. The summed E-state index contributed by atoms with van der Waals surface area (Å²) in [6.07, 6.45) is 0.882. The van der Waals surface area contributed by atoms with Gasteiger partial charge in [-0.15, -0.1) is 0 Å². The molecular formula is C15H22ClNO2. The Balaban J connectivity index is 1.82. The van der Waals surface area contributed by atoms with Gasteiger partial charge in [0.1, 0.15) is 0 Å². The van der Waals surface area contributed by atoms with Gasteiger partial charge in [0.2, 0.25) is 0 Å². The summed E-state index contributed by atoms with van der Waals surface area (Å²) in [5.41, 5.74) is 0.873. The number of piperidine rings is 1. The van der Waals surface area contributed by atoms with Crippen LogP contribution in [0.25, 0.3) is 0 Å². The SMILES string of the molecule is CC1CN(CCC(O)c2cccc(Cl)c2)CCC1O. The molecule has 1 saturated heterocycles. The molecule has 3 unspecified atom stereocenters. The summed E-state index contributed by atoms with van der Waals surface area (Å²) in [7, 11) is 0. The first kappa shape index (κ1) is 14.8. The van der Waals surface area contributed by atoms with Crippen molar-refractivity contribution in [2.45, 2.75) is 32.0 Å². The topological polar surface area (TPSA) is 43.7 Å². The molecule has 3 nitrogen and oxygen atoms in total. The number of halogens is 1. The second kappa shape index (κ2) is 6.71. The first-order chi connectivity index (χ1) is 9.06. The minimum Gasteiger partial charge on any atom is -0.393 e. The maximum absolute atomic E-state index is 10.2. The predicted octanol–water partition coefficient (Wildman–Crippen LogP) is 2.47. The summed E-state index contributed by atoms with van der Waals surface area (Å²) < 4.78 is 0. The van der Waals surface area contributed by atoms with Gasteiger partial charge in [0.25, 0.3) is 0 Å². The van der Waals surface area contributed by atoms with Crippen molar-refractivity contribution in [3.8, 4) is 0 Å². The summed E-state index contributed by atoms with van der Waals surface area (Å²) in [6.45, 7) is 4.74. The maximum Gasteiger partial charge on any atom is 0.0802 e. The lowest BCUT2D eigenvalue weighted by Crippen LogP contribution is -2.42. The number of hydrogen-bond acceptors (Lipinski definition) is 3. The van der Waals surface area contributed by atoms with Gasteiger partial charge in [-0.25, -0.2) is 0 Å². The Morgan fingerprint density at radius 3 is 2.95 bits per heavy atom. The van der Waals surface area contributed by atoms with Crippen LogP contribution in [-0.2, 0) is 0 Å². The van der Waals surface area contributed by atoms with Gasteiger partial charge in [-0.2, -0.15) is 0 Å². The molecule has 1 aromatic rings. The Kier molecular flexibility index (Phi) is 5.22. The number of hydrogen-bond donors (Lipinski definition) is 2. The quantitative estimate of drug-likeness (QED) is 0.892. The van der Waals surface area contributed by atoms with Crippen LogP contribution in [0.3, 0.4) is 0 Å². The highest BCUT2D eigenvalue weighted by molar-refractivity contribution is 6.30. The standard InChI is InChI=1S/C15H22ClNO2/c1-11-10-17(7-5-14(11)18)8-6-15(19)12-3-2-4-13(16)9-12/h2-4,9,11,14-15,18-19H,5-8,10H2,1H3. The number of nitrogens with zero attached hydrogens (tertiary/aromatic N) is 1. The average Bonchev–Trinajstić information content (AvgIpc) is 2.40. The Hall–Kier alpha value is -0.610. The zero-order valence-corrected chi connectivity index (χ0v) is 12.1. The van der Waals surface area contributed by atoms with E-state index in [0.29, 0.717) is 17.4 Å². The Morgan fingerprint density at radius 2 is 2.26 bits per heavy atom. The summed E-state index contributed by atoms with van der Waals surface area (Å²) in [5, 5.41) is 20.5. The highest BCUT2D eigenvalue weighted by Crippen LogP contribution is 2.22. The first-order valence-electron chi connectivity index (χ1n) is 6.90. The monoisotopic (exact) mass is 283 g/mol. The molecule has 0 bridgehead atoms. The van der Waals surface area contributed by atoms with Crippen molar-refractivity contribution in [3.63, 3.8) is 0 Å². The molecule has 0 radical (unpaired) electrons. The molecule has 1 fully saturated rings. The van der Waals surface area contributed by atoms with Crippen LogP contribution in [0.4, 0.5) is 0 Å². The molecule has 0 aliphatic carbocycles.